The smallest absolute Gasteiger partial charge is 0.329 e. The predicted molar refractivity (Wildman–Crippen MR) is 67.4 cm³/mol. The fourth-order valence-electron chi connectivity index (χ4n) is 1.85. The minimum atomic E-state index is -0.682. The van der Waals surface area contributed by atoms with Crippen molar-refractivity contribution in [3.05, 3.63) is 32.6 Å². The molecule has 1 aromatic rings. The number of aliphatic hydroxyl groups is 2. The van der Waals surface area contributed by atoms with Crippen LogP contribution in [0.25, 0.3) is 0 Å². The van der Waals surface area contributed by atoms with Gasteiger partial charge >= 0.3 is 5.69 Å². The fourth-order valence-corrected chi connectivity index (χ4v) is 3.23. The van der Waals surface area contributed by atoms with Gasteiger partial charge in [-0.25, -0.2) is 4.79 Å². The van der Waals surface area contributed by atoms with Crippen LogP contribution in [0, 0.1) is 12.3 Å². The summed E-state index contributed by atoms with van der Waals surface area (Å²) in [4.78, 5) is 25.1. The Morgan fingerprint density at radius 3 is 2.89 bits per heavy atom. The third kappa shape index (κ3) is 2.22. The molecule has 0 aliphatic carbocycles. The Labute approximate surface area is 107 Å². The van der Waals surface area contributed by atoms with Gasteiger partial charge in [0.25, 0.3) is 5.56 Å². The summed E-state index contributed by atoms with van der Waals surface area (Å²) in [5.41, 5.74) is -1.10. The largest absolute Gasteiger partial charge is 0.395 e. The Balaban J connectivity index is 2.39. The number of aliphatic hydroxyl groups excluding tert-OH is 2. The molecule has 1 saturated heterocycles. The summed E-state index contributed by atoms with van der Waals surface area (Å²) in [6.07, 6.45) is 6.12. The van der Waals surface area contributed by atoms with E-state index in [9.17, 15) is 14.7 Å². The maximum atomic E-state index is 11.7. The predicted octanol–water partition coefficient (Wildman–Crippen LogP) is -1.12. The van der Waals surface area contributed by atoms with Crippen molar-refractivity contribution in [2.24, 2.45) is 0 Å². The van der Waals surface area contributed by atoms with E-state index in [0.717, 1.165) is 0 Å². The summed E-state index contributed by atoms with van der Waals surface area (Å²) in [5.74, 6) is 2.20. The zero-order chi connectivity index (χ0) is 13.3. The van der Waals surface area contributed by atoms with E-state index >= 15 is 0 Å². The van der Waals surface area contributed by atoms with Crippen LogP contribution in [-0.2, 0) is 0 Å². The minimum absolute atomic E-state index is 0.0668. The molecule has 0 bridgehead atoms. The molecule has 18 heavy (non-hydrogen) atoms. The van der Waals surface area contributed by atoms with Crippen LogP contribution in [0.5, 0.6) is 0 Å². The third-order valence-electron chi connectivity index (χ3n) is 2.82. The van der Waals surface area contributed by atoms with Gasteiger partial charge in [0.1, 0.15) is 5.56 Å². The molecule has 2 rings (SSSR count). The average Bonchev–Trinajstić information content (AvgIpc) is 2.70. The van der Waals surface area contributed by atoms with E-state index in [1.807, 2.05) is 0 Å². The summed E-state index contributed by atoms with van der Waals surface area (Å²) in [6, 6.07) is 0. The van der Waals surface area contributed by atoms with Crippen molar-refractivity contribution < 1.29 is 10.2 Å². The van der Waals surface area contributed by atoms with Crippen LogP contribution in [0.4, 0.5) is 0 Å². The lowest BCUT2D eigenvalue weighted by Crippen LogP contribution is -2.32. The van der Waals surface area contributed by atoms with E-state index in [1.54, 1.807) is 0 Å². The lowest BCUT2D eigenvalue weighted by molar-refractivity contribution is 0.137. The second-order valence-electron chi connectivity index (χ2n) is 3.97. The van der Waals surface area contributed by atoms with Gasteiger partial charge in [0, 0.05) is 12.6 Å². The highest BCUT2D eigenvalue weighted by Crippen LogP contribution is 2.40. The molecule has 96 valence electrons. The molecule has 3 N–H and O–H groups in total. The number of terminal acetylenes is 1. The molecule has 0 spiro atoms. The van der Waals surface area contributed by atoms with E-state index in [0.29, 0.717) is 6.42 Å². The normalized spacial score (nSPS) is 27.1. The SMILES string of the molecule is C#Cc1cn([C@@H]2CC(O)[C@@H](CO)S2)c(=O)[nH]c1=O. The first-order valence-electron chi connectivity index (χ1n) is 5.33. The topological polar surface area (TPSA) is 95.3 Å². The van der Waals surface area contributed by atoms with Gasteiger partial charge in [-0.3, -0.25) is 14.3 Å². The lowest BCUT2D eigenvalue weighted by atomic mass is 10.2. The maximum Gasteiger partial charge on any atom is 0.329 e. The molecule has 2 heterocycles. The van der Waals surface area contributed by atoms with Crippen LogP contribution in [0.3, 0.4) is 0 Å². The second-order valence-corrected chi connectivity index (χ2v) is 5.39. The van der Waals surface area contributed by atoms with Crippen molar-refractivity contribution in [1.29, 1.82) is 0 Å². The Morgan fingerprint density at radius 1 is 1.61 bits per heavy atom. The monoisotopic (exact) mass is 268 g/mol. The highest BCUT2D eigenvalue weighted by Gasteiger charge is 2.34. The van der Waals surface area contributed by atoms with E-state index in [1.165, 1.54) is 22.5 Å². The highest BCUT2D eigenvalue weighted by molar-refractivity contribution is 8.00. The standard InChI is InChI=1S/C11H12N2O4S/c1-2-6-4-13(11(17)12-10(6)16)9-3-7(15)8(5-14)18-9/h1,4,7-9,14-15H,3,5H2,(H,12,16,17)/t7?,8-,9+/m1/s1. The molecule has 0 saturated carbocycles. The molecule has 7 heteroatoms. The molecule has 3 atom stereocenters. The van der Waals surface area contributed by atoms with Gasteiger partial charge in [-0.2, -0.15) is 0 Å². The van der Waals surface area contributed by atoms with Gasteiger partial charge in [-0.15, -0.1) is 18.2 Å². The third-order valence-corrected chi connectivity index (χ3v) is 4.36. The first-order valence-corrected chi connectivity index (χ1v) is 6.27. The number of hydrogen-bond acceptors (Lipinski definition) is 5. The quantitative estimate of drug-likeness (QED) is 0.590. The molecule has 1 aliphatic rings. The van der Waals surface area contributed by atoms with Crippen molar-refractivity contribution in [1.82, 2.24) is 9.55 Å². The van der Waals surface area contributed by atoms with Crippen LogP contribution in [0.1, 0.15) is 17.4 Å². The number of nitrogens with one attached hydrogen (secondary N) is 1. The van der Waals surface area contributed by atoms with E-state index < -0.39 is 17.4 Å². The zero-order valence-corrected chi connectivity index (χ0v) is 10.2. The van der Waals surface area contributed by atoms with Crippen LogP contribution in [0.15, 0.2) is 15.8 Å². The number of rotatable bonds is 2. The van der Waals surface area contributed by atoms with Crippen molar-refractivity contribution >= 4 is 11.8 Å². The molecular weight excluding hydrogens is 256 g/mol. The molecule has 0 aromatic carbocycles. The van der Waals surface area contributed by atoms with E-state index in [4.69, 9.17) is 11.5 Å². The van der Waals surface area contributed by atoms with E-state index in [-0.39, 0.29) is 22.8 Å². The summed E-state index contributed by atoms with van der Waals surface area (Å²) >= 11 is 1.28. The van der Waals surface area contributed by atoms with Gasteiger partial charge in [0.2, 0.25) is 0 Å². The Hall–Kier alpha value is -1.49. The number of thioether (sulfide) groups is 1. The number of hydrogen-bond donors (Lipinski definition) is 3. The number of aromatic nitrogens is 2. The van der Waals surface area contributed by atoms with E-state index in [2.05, 4.69) is 10.9 Å². The maximum absolute atomic E-state index is 11.7. The van der Waals surface area contributed by atoms with Gasteiger partial charge in [0.15, 0.2) is 0 Å². The average molecular weight is 268 g/mol. The van der Waals surface area contributed by atoms with Gasteiger partial charge in [-0.05, 0) is 0 Å². The fraction of sp³-hybridized carbons (Fsp3) is 0.455. The van der Waals surface area contributed by atoms with Crippen molar-refractivity contribution in [2.45, 2.75) is 23.1 Å². The number of aromatic amines is 1. The summed E-state index contributed by atoms with van der Waals surface area (Å²) in [6.45, 7) is -0.164. The van der Waals surface area contributed by atoms with Gasteiger partial charge in [0.05, 0.1) is 23.3 Å². The molecule has 0 amide bonds. The van der Waals surface area contributed by atoms with Crippen molar-refractivity contribution in [3.63, 3.8) is 0 Å². The lowest BCUT2D eigenvalue weighted by Gasteiger charge is -2.12. The van der Waals surface area contributed by atoms with Crippen molar-refractivity contribution in [3.8, 4) is 12.3 Å². The molecule has 0 radical (unpaired) electrons. The Bertz CT molecular complexity index is 600. The molecule has 6 nitrogen and oxygen atoms in total. The number of nitrogens with zero attached hydrogens (tertiary/aromatic N) is 1. The minimum Gasteiger partial charge on any atom is -0.395 e. The molecule has 1 aliphatic heterocycles. The highest BCUT2D eigenvalue weighted by atomic mass is 32.2. The second kappa shape index (κ2) is 5.02. The Morgan fingerprint density at radius 2 is 2.33 bits per heavy atom. The number of H-pyrrole nitrogens is 1. The van der Waals surface area contributed by atoms with Gasteiger partial charge < -0.3 is 10.2 Å². The first kappa shape index (κ1) is 13.0. The Kier molecular flexibility index (Phi) is 3.61. The van der Waals surface area contributed by atoms with Crippen LogP contribution < -0.4 is 11.2 Å². The zero-order valence-electron chi connectivity index (χ0n) is 9.37. The van der Waals surface area contributed by atoms with Crippen LogP contribution >= 0.6 is 11.8 Å². The van der Waals surface area contributed by atoms with Crippen LogP contribution in [0.2, 0.25) is 0 Å². The summed E-state index contributed by atoms with van der Waals surface area (Å²) < 4.78 is 1.29. The molecule has 1 fully saturated rings. The first-order chi connectivity index (χ1) is 8.56. The molecule has 1 aromatic heterocycles. The van der Waals surface area contributed by atoms with Crippen molar-refractivity contribution in [2.75, 3.05) is 6.61 Å². The van der Waals surface area contributed by atoms with Crippen LogP contribution in [-0.4, -0.2) is 37.7 Å². The summed E-state index contributed by atoms with van der Waals surface area (Å²) in [7, 11) is 0. The summed E-state index contributed by atoms with van der Waals surface area (Å²) in [5, 5.41) is 18.1. The molecular formula is C11H12N2O4S. The molecule has 1 unspecified atom stereocenters. The van der Waals surface area contributed by atoms with Gasteiger partial charge in [-0.1, -0.05) is 5.92 Å².